The molecule has 0 atom stereocenters. The summed E-state index contributed by atoms with van der Waals surface area (Å²) in [6, 6.07) is 21.6. The number of esters is 1. The third-order valence-electron chi connectivity index (χ3n) is 5.32. The maximum Gasteiger partial charge on any atom is 0.338 e. The molecule has 38 heavy (non-hydrogen) atoms. The summed E-state index contributed by atoms with van der Waals surface area (Å²) in [5.74, 6) is 0.793. The van der Waals surface area contributed by atoms with Gasteiger partial charge in [-0.15, -0.1) is 0 Å². The first kappa shape index (κ1) is 26.7. The smallest absolute Gasteiger partial charge is 0.338 e. The van der Waals surface area contributed by atoms with Gasteiger partial charge in [0.05, 0.1) is 23.0 Å². The van der Waals surface area contributed by atoms with Crippen molar-refractivity contribution in [2.45, 2.75) is 20.1 Å². The fourth-order valence-corrected chi connectivity index (χ4v) is 4.24. The van der Waals surface area contributed by atoms with E-state index < -0.39 is 5.97 Å². The van der Waals surface area contributed by atoms with Crippen LogP contribution in [-0.4, -0.2) is 22.0 Å². The fourth-order valence-electron chi connectivity index (χ4n) is 3.52. The highest BCUT2D eigenvalue weighted by Crippen LogP contribution is 2.26. The Labute approximate surface area is 232 Å². The lowest BCUT2D eigenvalue weighted by molar-refractivity contribution is 0.0472. The average molecular weight is 622 g/mol. The summed E-state index contributed by atoms with van der Waals surface area (Å²) in [5.41, 5.74) is 12.5. The molecule has 4 aromatic rings. The molecule has 0 aliphatic heterocycles. The van der Waals surface area contributed by atoms with E-state index in [0.29, 0.717) is 28.4 Å². The van der Waals surface area contributed by atoms with Crippen LogP contribution in [0.1, 0.15) is 32.7 Å². The van der Waals surface area contributed by atoms with E-state index in [1.165, 1.54) is 0 Å². The van der Waals surface area contributed by atoms with Gasteiger partial charge in [-0.3, -0.25) is 0 Å². The molecule has 0 saturated heterocycles. The van der Waals surface area contributed by atoms with Crippen LogP contribution in [0.25, 0.3) is 10.4 Å². The Balaban J connectivity index is 1.31. The van der Waals surface area contributed by atoms with Crippen LogP contribution >= 0.6 is 22.6 Å². The van der Waals surface area contributed by atoms with E-state index in [4.69, 9.17) is 19.8 Å². The number of nitrogens with zero attached hydrogens (tertiary/aromatic N) is 6. The van der Waals surface area contributed by atoms with E-state index in [0.717, 1.165) is 20.4 Å². The lowest BCUT2D eigenvalue weighted by Crippen LogP contribution is -2.05. The number of aryl methyl sites for hydroxylation is 2. The molecular formula is C27H23IN6O4. The van der Waals surface area contributed by atoms with E-state index >= 15 is 0 Å². The standard InChI is InChI=1S/C27H23IN6O4/c1-18-25(26(34(2)32-18)38-24-6-4-3-5-7-24)15-30-37-17-19-8-10-21(11-9-19)27(35)36-16-20-12-22(28)14-23(13-20)31-33-29/h3-15H,16-17H2,1-2H3/b30-15+. The number of benzene rings is 3. The molecule has 4 rings (SSSR count). The molecular weight excluding hydrogens is 599 g/mol. The average Bonchev–Trinajstić information content (AvgIpc) is 3.17. The lowest BCUT2D eigenvalue weighted by atomic mass is 10.1. The molecule has 3 aromatic carbocycles. The minimum atomic E-state index is -0.460. The summed E-state index contributed by atoms with van der Waals surface area (Å²) in [4.78, 5) is 20.7. The second kappa shape index (κ2) is 12.7. The predicted octanol–water partition coefficient (Wildman–Crippen LogP) is 6.97. The number of halogens is 1. The quantitative estimate of drug-likeness (QED) is 0.0359. The molecule has 0 N–H and O–H groups in total. The normalized spacial score (nSPS) is 10.7. The third-order valence-corrected chi connectivity index (χ3v) is 5.94. The summed E-state index contributed by atoms with van der Waals surface area (Å²) in [6.07, 6.45) is 1.57. The Hall–Kier alpha value is -4.35. The van der Waals surface area contributed by atoms with E-state index in [2.05, 4.69) is 42.9 Å². The van der Waals surface area contributed by atoms with Gasteiger partial charge in [-0.2, -0.15) is 5.10 Å². The highest BCUT2D eigenvalue weighted by molar-refractivity contribution is 14.1. The predicted molar refractivity (Wildman–Crippen MR) is 150 cm³/mol. The van der Waals surface area contributed by atoms with Crippen LogP contribution in [-0.2, 0) is 29.8 Å². The zero-order valence-electron chi connectivity index (χ0n) is 20.6. The number of ether oxygens (including phenoxy) is 2. The first-order chi connectivity index (χ1) is 18.4. The zero-order chi connectivity index (χ0) is 26.9. The van der Waals surface area contributed by atoms with E-state index in [9.17, 15) is 4.79 Å². The zero-order valence-corrected chi connectivity index (χ0v) is 22.8. The van der Waals surface area contributed by atoms with E-state index in [1.807, 2.05) is 43.3 Å². The Morgan fingerprint density at radius 2 is 1.84 bits per heavy atom. The highest BCUT2D eigenvalue weighted by Gasteiger charge is 2.14. The SMILES string of the molecule is Cc1nn(C)c(Oc2ccccc2)c1/C=N/OCc1ccc(C(=O)OCc2cc(I)cc(N=[N+]=[N-])c2)cc1. The number of carbonyl (C=O) groups is 1. The molecule has 0 fully saturated rings. The van der Waals surface area contributed by atoms with E-state index in [-0.39, 0.29) is 13.2 Å². The molecule has 0 aliphatic carbocycles. The molecule has 1 heterocycles. The van der Waals surface area contributed by atoms with Gasteiger partial charge in [-0.25, -0.2) is 9.48 Å². The molecule has 0 bridgehead atoms. The van der Waals surface area contributed by atoms with Crippen LogP contribution in [0.3, 0.4) is 0 Å². The summed E-state index contributed by atoms with van der Waals surface area (Å²) in [7, 11) is 1.80. The van der Waals surface area contributed by atoms with Gasteiger partial charge in [0.25, 0.3) is 0 Å². The van der Waals surface area contributed by atoms with Gasteiger partial charge >= 0.3 is 5.97 Å². The summed E-state index contributed by atoms with van der Waals surface area (Å²) in [5, 5.41) is 12.1. The number of hydrogen-bond donors (Lipinski definition) is 0. The molecule has 0 saturated carbocycles. The van der Waals surface area contributed by atoms with Crippen LogP contribution in [0.2, 0.25) is 0 Å². The number of rotatable bonds is 10. The second-order valence-electron chi connectivity index (χ2n) is 8.13. The Kier molecular flexibility index (Phi) is 8.96. The molecule has 1 aromatic heterocycles. The summed E-state index contributed by atoms with van der Waals surface area (Å²) >= 11 is 2.11. The van der Waals surface area contributed by atoms with Crippen molar-refractivity contribution in [2.75, 3.05) is 0 Å². The van der Waals surface area contributed by atoms with Crippen LogP contribution in [0.4, 0.5) is 5.69 Å². The number of para-hydroxylation sites is 1. The first-order valence-electron chi connectivity index (χ1n) is 11.5. The second-order valence-corrected chi connectivity index (χ2v) is 9.38. The number of azide groups is 1. The summed E-state index contributed by atoms with van der Waals surface area (Å²) < 4.78 is 13.9. The highest BCUT2D eigenvalue weighted by atomic mass is 127. The molecule has 0 amide bonds. The van der Waals surface area contributed by atoms with Crippen molar-refractivity contribution in [1.29, 1.82) is 0 Å². The topological polar surface area (TPSA) is 124 Å². The molecule has 0 unspecified atom stereocenters. The van der Waals surface area contributed by atoms with Crippen molar-refractivity contribution in [3.63, 3.8) is 0 Å². The number of carbonyl (C=O) groups excluding carboxylic acids is 1. The Morgan fingerprint density at radius 1 is 1.08 bits per heavy atom. The number of hydrogen-bond acceptors (Lipinski definition) is 7. The van der Waals surface area contributed by atoms with Gasteiger partial charge in [-0.05, 0) is 88.6 Å². The lowest BCUT2D eigenvalue weighted by Gasteiger charge is -2.07. The molecule has 0 aliphatic rings. The minimum absolute atomic E-state index is 0.0624. The maximum atomic E-state index is 12.5. The van der Waals surface area contributed by atoms with Crippen LogP contribution < -0.4 is 4.74 Å². The summed E-state index contributed by atoms with van der Waals surface area (Å²) in [6.45, 7) is 2.15. The molecule has 192 valence electrons. The maximum absolute atomic E-state index is 12.5. The Bertz CT molecular complexity index is 1500. The molecule has 0 radical (unpaired) electrons. The van der Waals surface area contributed by atoms with Gasteiger partial charge < -0.3 is 14.3 Å². The van der Waals surface area contributed by atoms with Crippen molar-refractivity contribution in [2.24, 2.45) is 17.3 Å². The van der Waals surface area contributed by atoms with Gasteiger partial charge in [-0.1, -0.05) is 40.6 Å². The first-order valence-corrected chi connectivity index (χ1v) is 12.5. The van der Waals surface area contributed by atoms with Gasteiger partial charge in [0.2, 0.25) is 5.88 Å². The van der Waals surface area contributed by atoms with Crippen molar-refractivity contribution < 1.29 is 19.1 Å². The van der Waals surface area contributed by atoms with Crippen LogP contribution in [0.5, 0.6) is 11.6 Å². The van der Waals surface area contributed by atoms with Gasteiger partial charge in [0.1, 0.15) is 19.0 Å². The minimum Gasteiger partial charge on any atom is -0.457 e. The molecule has 11 heteroatoms. The van der Waals surface area contributed by atoms with Gasteiger partial charge in [0.15, 0.2) is 0 Å². The number of aromatic nitrogens is 2. The van der Waals surface area contributed by atoms with Crippen molar-refractivity contribution in [3.8, 4) is 11.6 Å². The number of oxime groups is 1. The molecule has 10 nitrogen and oxygen atoms in total. The fraction of sp³-hybridized carbons (Fsp3) is 0.148. The van der Waals surface area contributed by atoms with Crippen LogP contribution in [0.15, 0.2) is 83.1 Å². The van der Waals surface area contributed by atoms with Crippen molar-refractivity contribution >= 4 is 40.5 Å². The van der Waals surface area contributed by atoms with Gasteiger partial charge in [0, 0.05) is 21.2 Å². The van der Waals surface area contributed by atoms with Crippen LogP contribution in [0, 0.1) is 10.5 Å². The monoisotopic (exact) mass is 622 g/mol. The van der Waals surface area contributed by atoms with E-state index in [1.54, 1.807) is 54.3 Å². The molecule has 0 spiro atoms. The van der Waals surface area contributed by atoms with Crippen molar-refractivity contribution in [3.05, 3.63) is 115 Å². The van der Waals surface area contributed by atoms with Crippen molar-refractivity contribution in [1.82, 2.24) is 9.78 Å². The largest absolute Gasteiger partial charge is 0.457 e. The third kappa shape index (κ3) is 7.11. The Morgan fingerprint density at radius 3 is 2.58 bits per heavy atom.